The molecular weight excluding hydrogens is 382 g/mol. The van der Waals surface area contributed by atoms with Gasteiger partial charge in [-0.2, -0.15) is 5.10 Å². The minimum Gasteiger partial charge on any atom is -0.324 e. The van der Waals surface area contributed by atoms with E-state index in [1.807, 2.05) is 73.7 Å². The first-order chi connectivity index (χ1) is 14.1. The van der Waals surface area contributed by atoms with Gasteiger partial charge in [-0.3, -0.25) is 9.59 Å². The molecule has 144 valence electrons. The van der Waals surface area contributed by atoms with Gasteiger partial charge in [-0.15, -0.1) is 11.3 Å². The quantitative estimate of drug-likeness (QED) is 0.532. The maximum Gasteiger partial charge on any atom is 0.267 e. The van der Waals surface area contributed by atoms with Crippen LogP contribution in [-0.2, 0) is 11.3 Å². The Morgan fingerprint density at radius 2 is 1.72 bits per heavy atom. The first-order valence-electron chi connectivity index (χ1n) is 9.19. The first-order valence-corrected chi connectivity index (χ1v) is 10.0. The second-order valence-electron chi connectivity index (χ2n) is 6.58. The van der Waals surface area contributed by atoms with Crippen LogP contribution < -0.4 is 10.9 Å². The predicted octanol–water partition coefficient (Wildman–Crippen LogP) is 4.59. The number of benzene rings is 2. The lowest BCUT2D eigenvalue weighted by Gasteiger charge is -2.12. The third-order valence-corrected chi connectivity index (χ3v) is 5.46. The van der Waals surface area contributed by atoms with Gasteiger partial charge >= 0.3 is 0 Å². The summed E-state index contributed by atoms with van der Waals surface area (Å²) in [5.74, 6) is -0.303. The average Bonchev–Trinajstić information content (AvgIpc) is 3.17. The normalized spacial score (nSPS) is 10.7. The molecule has 0 fully saturated rings. The summed E-state index contributed by atoms with van der Waals surface area (Å²) in [7, 11) is 0. The van der Waals surface area contributed by atoms with Gasteiger partial charge in [-0.25, -0.2) is 4.68 Å². The molecular formula is C23H19N3O2S. The largest absolute Gasteiger partial charge is 0.324 e. The summed E-state index contributed by atoms with van der Waals surface area (Å²) in [6.07, 6.45) is 0. The highest BCUT2D eigenvalue weighted by atomic mass is 32.1. The Hall–Kier alpha value is -3.51. The molecule has 0 radical (unpaired) electrons. The smallest absolute Gasteiger partial charge is 0.267 e. The lowest BCUT2D eigenvalue weighted by Crippen LogP contribution is -2.29. The number of aromatic nitrogens is 2. The predicted molar refractivity (Wildman–Crippen MR) is 117 cm³/mol. The lowest BCUT2D eigenvalue weighted by atomic mass is 10.0. The van der Waals surface area contributed by atoms with Gasteiger partial charge in [-0.1, -0.05) is 48.5 Å². The summed E-state index contributed by atoms with van der Waals surface area (Å²) < 4.78 is 1.20. The van der Waals surface area contributed by atoms with Crippen molar-refractivity contribution >= 4 is 22.9 Å². The number of amides is 1. The highest BCUT2D eigenvalue weighted by Crippen LogP contribution is 2.27. The Labute approximate surface area is 172 Å². The molecule has 2 heterocycles. The van der Waals surface area contributed by atoms with Crippen LogP contribution in [0.25, 0.3) is 21.7 Å². The van der Waals surface area contributed by atoms with Crippen molar-refractivity contribution < 1.29 is 4.79 Å². The van der Waals surface area contributed by atoms with Crippen LogP contribution in [0.15, 0.2) is 83.7 Å². The molecule has 4 aromatic rings. The van der Waals surface area contributed by atoms with Crippen LogP contribution in [0.3, 0.4) is 0 Å². The molecule has 0 aliphatic rings. The number of aryl methyl sites for hydroxylation is 1. The zero-order chi connectivity index (χ0) is 20.2. The van der Waals surface area contributed by atoms with Crippen LogP contribution in [0, 0.1) is 6.92 Å². The van der Waals surface area contributed by atoms with Gasteiger partial charge in [0.15, 0.2) is 0 Å². The molecule has 0 saturated carbocycles. The molecule has 0 aliphatic heterocycles. The summed E-state index contributed by atoms with van der Waals surface area (Å²) in [4.78, 5) is 27.0. The van der Waals surface area contributed by atoms with E-state index in [0.717, 1.165) is 20.9 Å². The molecule has 6 heteroatoms. The number of thiophene rings is 1. The fraction of sp³-hybridized carbons (Fsp3) is 0.0870. The number of hydrogen-bond acceptors (Lipinski definition) is 4. The van der Waals surface area contributed by atoms with Gasteiger partial charge in [0, 0.05) is 22.2 Å². The Balaban J connectivity index is 1.56. The van der Waals surface area contributed by atoms with Crippen molar-refractivity contribution in [1.29, 1.82) is 0 Å². The molecule has 1 N–H and O–H groups in total. The molecule has 1 amide bonds. The van der Waals surface area contributed by atoms with E-state index in [1.54, 1.807) is 17.4 Å². The number of carbonyl (C=O) groups is 1. The van der Waals surface area contributed by atoms with E-state index in [0.29, 0.717) is 11.4 Å². The Bertz CT molecular complexity index is 1210. The van der Waals surface area contributed by atoms with Crippen molar-refractivity contribution in [1.82, 2.24) is 9.78 Å². The van der Waals surface area contributed by atoms with E-state index in [4.69, 9.17) is 0 Å². The number of carbonyl (C=O) groups excluding carboxylic acids is 1. The average molecular weight is 401 g/mol. The minimum atomic E-state index is -0.312. The molecule has 0 bridgehead atoms. The number of hydrogen-bond donors (Lipinski definition) is 1. The van der Waals surface area contributed by atoms with Gasteiger partial charge in [0.1, 0.15) is 12.2 Å². The number of nitrogens with one attached hydrogen (secondary N) is 1. The number of anilines is 1. The summed E-state index contributed by atoms with van der Waals surface area (Å²) in [6, 6.07) is 24.5. The van der Waals surface area contributed by atoms with Crippen molar-refractivity contribution in [2.45, 2.75) is 13.5 Å². The van der Waals surface area contributed by atoms with Crippen molar-refractivity contribution in [3.8, 4) is 21.7 Å². The number of nitrogens with zero attached hydrogens (tertiary/aromatic N) is 2. The van der Waals surface area contributed by atoms with E-state index in [9.17, 15) is 9.59 Å². The third kappa shape index (κ3) is 4.33. The number of rotatable bonds is 5. The van der Waals surface area contributed by atoms with Crippen molar-refractivity contribution in [2.24, 2.45) is 0 Å². The summed E-state index contributed by atoms with van der Waals surface area (Å²) in [6.45, 7) is 1.86. The molecule has 0 atom stereocenters. The highest BCUT2D eigenvalue weighted by Gasteiger charge is 2.12. The van der Waals surface area contributed by atoms with Gasteiger partial charge in [-0.05, 0) is 36.8 Å². The molecule has 2 aromatic carbocycles. The molecule has 0 spiro atoms. The molecule has 0 saturated heterocycles. The van der Waals surface area contributed by atoms with Crippen molar-refractivity contribution in [3.63, 3.8) is 0 Å². The van der Waals surface area contributed by atoms with Gasteiger partial charge in [0.25, 0.3) is 5.56 Å². The zero-order valence-corrected chi connectivity index (χ0v) is 16.6. The van der Waals surface area contributed by atoms with E-state index < -0.39 is 0 Å². The summed E-state index contributed by atoms with van der Waals surface area (Å²) >= 11 is 1.60. The van der Waals surface area contributed by atoms with Gasteiger partial charge in [0.2, 0.25) is 5.91 Å². The number of para-hydroxylation sites is 1. The Morgan fingerprint density at radius 3 is 2.48 bits per heavy atom. The molecule has 4 rings (SSSR count). The molecule has 0 unspecified atom stereocenters. The van der Waals surface area contributed by atoms with Crippen LogP contribution in [0.5, 0.6) is 0 Å². The van der Waals surface area contributed by atoms with Crippen molar-refractivity contribution in [2.75, 3.05) is 5.32 Å². The van der Waals surface area contributed by atoms with Crippen LogP contribution in [0.1, 0.15) is 4.88 Å². The fourth-order valence-electron chi connectivity index (χ4n) is 3.05. The van der Waals surface area contributed by atoms with Crippen LogP contribution in [-0.4, -0.2) is 15.7 Å². The zero-order valence-electron chi connectivity index (χ0n) is 15.8. The second-order valence-corrected chi connectivity index (χ2v) is 7.87. The third-order valence-electron chi connectivity index (χ3n) is 4.44. The van der Waals surface area contributed by atoms with E-state index in [-0.39, 0.29) is 18.0 Å². The molecule has 2 aromatic heterocycles. The minimum absolute atomic E-state index is 0.153. The topological polar surface area (TPSA) is 64.0 Å². The van der Waals surface area contributed by atoms with Crippen LogP contribution in [0.4, 0.5) is 5.69 Å². The lowest BCUT2D eigenvalue weighted by molar-refractivity contribution is -0.117. The maximum atomic E-state index is 12.7. The second kappa shape index (κ2) is 8.24. The summed E-state index contributed by atoms with van der Waals surface area (Å²) in [5, 5.41) is 7.28. The van der Waals surface area contributed by atoms with Crippen molar-refractivity contribution in [3.05, 3.63) is 94.1 Å². The van der Waals surface area contributed by atoms with Crippen LogP contribution in [0.2, 0.25) is 0 Å². The Morgan fingerprint density at radius 1 is 0.966 bits per heavy atom. The summed E-state index contributed by atoms with van der Waals surface area (Å²) in [5.41, 5.74) is 2.99. The van der Waals surface area contributed by atoms with Gasteiger partial charge < -0.3 is 5.32 Å². The van der Waals surface area contributed by atoms with Gasteiger partial charge in [0.05, 0.1) is 4.88 Å². The van der Waals surface area contributed by atoms with Crippen LogP contribution >= 0.6 is 11.3 Å². The molecule has 29 heavy (non-hydrogen) atoms. The first kappa shape index (κ1) is 18.8. The van der Waals surface area contributed by atoms with E-state index in [1.165, 1.54) is 10.7 Å². The highest BCUT2D eigenvalue weighted by molar-refractivity contribution is 7.15. The molecule has 5 nitrogen and oxygen atoms in total. The fourth-order valence-corrected chi connectivity index (χ4v) is 3.89. The monoisotopic (exact) mass is 401 g/mol. The van der Waals surface area contributed by atoms with E-state index in [2.05, 4.69) is 10.4 Å². The standard InChI is InChI=1S/C23H19N3O2S/c1-16-11-13-21(29-16)20-12-14-23(28)26(25-20)15-22(27)24-19-10-6-5-9-18(19)17-7-3-2-4-8-17/h2-14H,15H2,1H3,(H,24,27). The Kier molecular flexibility index (Phi) is 5.35. The van der Waals surface area contributed by atoms with E-state index >= 15 is 0 Å². The SMILES string of the molecule is Cc1ccc(-c2ccc(=O)n(CC(=O)Nc3ccccc3-c3ccccc3)n2)s1. The maximum absolute atomic E-state index is 12.7. The molecule has 0 aliphatic carbocycles.